The maximum Gasteiger partial charge on any atom is 0.143 e. The smallest absolute Gasteiger partial charge is 0.143 e. The molecular weight excluding hydrogens is 465 g/mol. The zero-order valence-corrected chi connectivity index (χ0v) is 20.9. The van der Waals surface area contributed by atoms with Crippen molar-refractivity contribution in [3.8, 4) is 0 Å². The largest absolute Gasteiger partial charge is 0.393 e. The third kappa shape index (κ3) is 4.86. The first-order valence-corrected chi connectivity index (χ1v) is 12.8. The highest BCUT2D eigenvalue weighted by Crippen LogP contribution is 2.42. The second-order valence-electron chi connectivity index (χ2n) is 10.6. The molecule has 0 aliphatic carbocycles. The van der Waals surface area contributed by atoms with Crippen molar-refractivity contribution < 1.29 is 18.3 Å². The summed E-state index contributed by atoms with van der Waals surface area (Å²) in [5, 5.41) is 14.1. The molecule has 3 N–H and O–H groups in total. The number of benzene rings is 2. The molecule has 3 aromatic rings. The van der Waals surface area contributed by atoms with Crippen LogP contribution in [0, 0.1) is 5.82 Å². The molecule has 194 valence electrons. The second-order valence-corrected chi connectivity index (χ2v) is 10.6. The van der Waals surface area contributed by atoms with Gasteiger partial charge in [0.2, 0.25) is 0 Å². The molecular formula is C28H35F3N4O. The third-order valence-corrected chi connectivity index (χ3v) is 7.59. The minimum absolute atomic E-state index is 0.0135. The van der Waals surface area contributed by atoms with Crippen LogP contribution in [0.5, 0.6) is 0 Å². The molecule has 8 heteroatoms. The van der Waals surface area contributed by atoms with Gasteiger partial charge in [-0.05, 0) is 50.5 Å². The second kappa shape index (κ2) is 10.1. The van der Waals surface area contributed by atoms with E-state index in [-0.39, 0.29) is 31.1 Å². The van der Waals surface area contributed by atoms with E-state index >= 15 is 8.78 Å². The number of hydrogen-bond acceptors (Lipinski definition) is 4. The monoisotopic (exact) mass is 500 g/mol. The number of anilines is 1. The summed E-state index contributed by atoms with van der Waals surface area (Å²) in [6.07, 6.45) is 1.25. The van der Waals surface area contributed by atoms with E-state index in [1.165, 1.54) is 13.0 Å². The van der Waals surface area contributed by atoms with Crippen LogP contribution in [0.4, 0.5) is 18.9 Å². The number of rotatable bonds is 9. The van der Waals surface area contributed by atoms with E-state index in [2.05, 4.69) is 21.3 Å². The highest BCUT2D eigenvalue weighted by atomic mass is 19.1. The predicted molar refractivity (Wildman–Crippen MR) is 137 cm³/mol. The normalized spacial score (nSPS) is 22.8. The van der Waals surface area contributed by atoms with Crippen LogP contribution < -0.4 is 5.32 Å². The SMILES string of the molecule is C[C@@H]1Cc2c([nH]c3ccccc23)[C@@H](c2ccc(NC3CN(CCCF)C3)cc2F)N1CC(C)(F)CO. The lowest BCUT2D eigenvalue weighted by Gasteiger charge is -2.43. The van der Waals surface area contributed by atoms with Crippen LogP contribution in [-0.2, 0) is 6.42 Å². The number of halogens is 3. The molecule has 2 aliphatic rings. The van der Waals surface area contributed by atoms with E-state index in [1.54, 1.807) is 6.07 Å². The number of hydrogen-bond donors (Lipinski definition) is 3. The molecule has 0 saturated carbocycles. The molecule has 1 fully saturated rings. The topological polar surface area (TPSA) is 54.5 Å². The Morgan fingerprint density at radius 1 is 1.19 bits per heavy atom. The van der Waals surface area contributed by atoms with Crippen molar-refractivity contribution in [2.45, 2.75) is 50.5 Å². The molecule has 5 rings (SSSR count). The first kappa shape index (κ1) is 25.1. The molecule has 0 bridgehead atoms. The highest BCUT2D eigenvalue weighted by molar-refractivity contribution is 5.85. The van der Waals surface area contributed by atoms with E-state index in [1.807, 2.05) is 36.1 Å². The van der Waals surface area contributed by atoms with Gasteiger partial charge >= 0.3 is 0 Å². The van der Waals surface area contributed by atoms with Crippen LogP contribution in [0.25, 0.3) is 10.9 Å². The highest BCUT2D eigenvalue weighted by Gasteiger charge is 2.40. The number of nitrogens with zero attached hydrogens (tertiary/aromatic N) is 2. The minimum atomic E-state index is -1.81. The number of aromatic amines is 1. The van der Waals surface area contributed by atoms with Gasteiger partial charge in [0.05, 0.1) is 25.4 Å². The first-order valence-electron chi connectivity index (χ1n) is 12.8. The molecule has 5 nitrogen and oxygen atoms in total. The molecule has 1 saturated heterocycles. The Labute approximate surface area is 210 Å². The zero-order chi connectivity index (χ0) is 25.4. The van der Waals surface area contributed by atoms with E-state index < -0.39 is 18.3 Å². The molecule has 2 aromatic carbocycles. The van der Waals surface area contributed by atoms with Crippen molar-refractivity contribution in [1.82, 2.24) is 14.8 Å². The third-order valence-electron chi connectivity index (χ3n) is 7.59. The van der Waals surface area contributed by atoms with Gasteiger partial charge in [0.15, 0.2) is 0 Å². The Hall–Kier alpha value is -2.55. The quantitative estimate of drug-likeness (QED) is 0.394. The van der Waals surface area contributed by atoms with Crippen LogP contribution in [0.15, 0.2) is 42.5 Å². The molecule has 3 heterocycles. The predicted octanol–water partition coefficient (Wildman–Crippen LogP) is 4.82. The van der Waals surface area contributed by atoms with Crippen LogP contribution >= 0.6 is 0 Å². The van der Waals surface area contributed by atoms with Crippen LogP contribution in [0.2, 0.25) is 0 Å². The van der Waals surface area contributed by atoms with Crippen LogP contribution in [-0.4, -0.2) is 77.1 Å². The zero-order valence-electron chi connectivity index (χ0n) is 20.9. The number of fused-ring (bicyclic) bond motifs is 3. The summed E-state index contributed by atoms with van der Waals surface area (Å²) in [5.74, 6) is -0.355. The summed E-state index contributed by atoms with van der Waals surface area (Å²) in [4.78, 5) is 7.63. The number of H-pyrrole nitrogens is 1. The van der Waals surface area contributed by atoms with Crippen molar-refractivity contribution in [2.75, 3.05) is 44.8 Å². The number of aliphatic hydroxyl groups excluding tert-OH is 1. The Morgan fingerprint density at radius 3 is 2.69 bits per heavy atom. The summed E-state index contributed by atoms with van der Waals surface area (Å²) in [7, 11) is 0. The summed E-state index contributed by atoms with van der Waals surface area (Å²) in [6, 6.07) is 12.9. The summed E-state index contributed by atoms with van der Waals surface area (Å²) >= 11 is 0. The average Bonchev–Trinajstić information content (AvgIpc) is 3.19. The number of aromatic nitrogens is 1. The summed E-state index contributed by atoms with van der Waals surface area (Å²) < 4.78 is 43.2. The fourth-order valence-corrected chi connectivity index (χ4v) is 5.72. The van der Waals surface area contributed by atoms with E-state index in [4.69, 9.17) is 0 Å². The Bertz CT molecular complexity index is 1210. The maximum atomic E-state index is 15.7. The maximum absolute atomic E-state index is 15.7. The van der Waals surface area contributed by atoms with Gasteiger partial charge in [-0.25, -0.2) is 8.78 Å². The molecule has 1 unspecified atom stereocenters. The molecule has 0 radical (unpaired) electrons. The van der Waals surface area contributed by atoms with Gasteiger partial charge in [0.1, 0.15) is 11.5 Å². The average molecular weight is 501 g/mol. The lowest BCUT2D eigenvalue weighted by atomic mass is 9.87. The summed E-state index contributed by atoms with van der Waals surface area (Å²) in [6.45, 7) is 4.86. The van der Waals surface area contributed by atoms with Crippen molar-refractivity contribution in [1.29, 1.82) is 0 Å². The fraction of sp³-hybridized carbons (Fsp3) is 0.500. The number of likely N-dealkylation sites (tertiary alicyclic amines) is 1. The molecule has 36 heavy (non-hydrogen) atoms. The molecule has 1 aromatic heterocycles. The number of nitrogens with one attached hydrogen (secondary N) is 2. The molecule has 0 amide bonds. The van der Waals surface area contributed by atoms with Crippen molar-refractivity contribution in [3.05, 3.63) is 65.1 Å². The van der Waals surface area contributed by atoms with Crippen molar-refractivity contribution >= 4 is 16.6 Å². The van der Waals surface area contributed by atoms with E-state index in [0.717, 1.165) is 41.8 Å². The lowest BCUT2D eigenvalue weighted by molar-refractivity contribution is 0.0169. The Kier molecular flexibility index (Phi) is 7.03. The van der Waals surface area contributed by atoms with Crippen molar-refractivity contribution in [2.24, 2.45) is 0 Å². The fourth-order valence-electron chi connectivity index (χ4n) is 5.72. The van der Waals surface area contributed by atoms with E-state index in [0.29, 0.717) is 24.1 Å². The Balaban J connectivity index is 1.46. The molecule has 2 aliphatic heterocycles. The van der Waals surface area contributed by atoms with Gasteiger partial charge in [0, 0.05) is 60.1 Å². The Morgan fingerprint density at radius 2 is 1.97 bits per heavy atom. The summed E-state index contributed by atoms with van der Waals surface area (Å²) in [5.41, 5.74) is 2.36. The molecule has 3 atom stereocenters. The number of aliphatic hydroxyl groups is 1. The molecule has 0 spiro atoms. The van der Waals surface area contributed by atoms with Gasteiger partial charge in [0.25, 0.3) is 0 Å². The lowest BCUT2D eigenvalue weighted by Crippen LogP contribution is -2.54. The van der Waals surface area contributed by atoms with Gasteiger partial charge in [-0.1, -0.05) is 24.3 Å². The van der Waals surface area contributed by atoms with Crippen molar-refractivity contribution in [3.63, 3.8) is 0 Å². The standard InChI is InChI=1S/C28H35F3N4O/c1-18-12-23-21-6-3-4-7-25(21)33-26(23)27(35(18)16-28(2,31)17-36)22-9-8-19(13-24(22)30)32-20-14-34(15-20)11-5-10-29/h3-4,6-9,13,18,20,27,32-33,36H,5,10-12,14-17H2,1-2H3/t18-,27-,28?/m1/s1. The van der Waals surface area contributed by atoms with Gasteiger partial charge in [-0.2, -0.15) is 0 Å². The van der Waals surface area contributed by atoms with Crippen LogP contribution in [0.1, 0.15) is 43.1 Å². The van der Waals surface area contributed by atoms with Crippen LogP contribution in [0.3, 0.4) is 0 Å². The van der Waals surface area contributed by atoms with Gasteiger partial charge < -0.3 is 15.4 Å². The van der Waals surface area contributed by atoms with E-state index in [9.17, 15) is 9.50 Å². The number of para-hydroxylation sites is 1. The van der Waals surface area contributed by atoms with Gasteiger partial charge in [-0.3, -0.25) is 14.2 Å². The number of alkyl halides is 2. The van der Waals surface area contributed by atoms with Gasteiger partial charge in [-0.15, -0.1) is 0 Å². The minimum Gasteiger partial charge on any atom is -0.393 e. The first-order chi connectivity index (χ1) is 17.3.